The summed E-state index contributed by atoms with van der Waals surface area (Å²) in [4.78, 5) is 4.17. The van der Waals surface area contributed by atoms with E-state index in [-0.39, 0.29) is 18.2 Å². The highest BCUT2D eigenvalue weighted by molar-refractivity contribution is 5.82. The number of rotatable bonds is 2. The second-order valence-corrected chi connectivity index (χ2v) is 5.99. The fraction of sp³-hybridized carbons (Fsp3) is 0.0500. The monoisotopic (exact) mass is 369 g/mol. The first kappa shape index (κ1) is 15.7. The van der Waals surface area contributed by atoms with Crippen molar-refractivity contribution in [2.45, 2.75) is 0 Å². The van der Waals surface area contributed by atoms with Crippen molar-refractivity contribution in [1.29, 1.82) is 0 Å². The summed E-state index contributed by atoms with van der Waals surface area (Å²) in [7, 11) is 0. The van der Waals surface area contributed by atoms with Crippen LogP contribution in [0.3, 0.4) is 0 Å². The maximum atomic E-state index is 14.0. The van der Waals surface area contributed by atoms with E-state index in [1.54, 1.807) is 12.1 Å². The van der Waals surface area contributed by atoms with E-state index in [1.165, 1.54) is 0 Å². The summed E-state index contributed by atoms with van der Waals surface area (Å²) in [5.41, 5.74) is 2.32. The molecule has 0 amide bonds. The van der Waals surface area contributed by atoms with E-state index in [4.69, 9.17) is 13.9 Å². The number of aromatic nitrogens is 1. The van der Waals surface area contributed by atoms with Gasteiger partial charge in [0.25, 0.3) is 0 Å². The fourth-order valence-corrected chi connectivity index (χ4v) is 2.99. The van der Waals surface area contributed by atoms with Gasteiger partial charge in [0, 0.05) is 0 Å². The lowest BCUT2D eigenvalue weighted by Crippen LogP contribution is -1.93. The molecule has 2 heterocycles. The molecular weight excluding hydrogens is 359 g/mol. The van der Waals surface area contributed by atoms with Gasteiger partial charge in [-0.1, -0.05) is 12.1 Å². The van der Waals surface area contributed by atoms with E-state index in [2.05, 4.69) is 4.98 Å². The second kappa shape index (κ2) is 5.77. The van der Waals surface area contributed by atoms with Crippen molar-refractivity contribution in [2.24, 2.45) is 0 Å². The van der Waals surface area contributed by atoms with Crippen molar-refractivity contribution in [2.75, 3.05) is 6.79 Å². The Morgan fingerprint density at radius 2 is 1.56 bits per heavy atom. The molecule has 0 N–H and O–H groups in total. The van der Waals surface area contributed by atoms with Gasteiger partial charge in [0.05, 0.1) is 5.56 Å². The summed E-state index contributed by atoms with van der Waals surface area (Å²) < 4.78 is 56.9. The summed E-state index contributed by atoms with van der Waals surface area (Å²) >= 11 is 0. The van der Waals surface area contributed by atoms with Crippen molar-refractivity contribution >= 4 is 11.1 Å². The maximum Gasteiger partial charge on any atom is 0.231 e. The van der Waals surface area contributed by atoms with Crippen LogP contribution in [0.25, 0.3) is 33.7 Å². The van der Waals surface area contributed by atoms with Crippen LogP contribution in [0.5, 0.6) is 11.5 Å². The zero-order valence-corrected chi connectivity index (χ0v) is 13.6. The van der Waals surface area contributed by atoms with Crippen LogP contribution in [0.1, 0.15) is 0 Å². The highest BCUT2D eigenvalue weighted by atomic mass is 19.2. The van der Waals surface area contributed by atoms with E-state index in [1.807, 2.05) is 24.3 Å². The Morgan fingerprint density at radius 3 is 2.44 bits per heavy atom. The average Bonchev–Trinajstić information content (AvgIpc) is 3.31. The molecule has 0 aliphatic carbocycles. The molecule has 1 aliphatic heterocycles. The summed E-state index contributed by atoms with van der Waals surface area (Å²) in [6.07, 6.45) is 0. The first-order valence-corrected chi connectivity index (χ1v) is 8.04. The van der Waals surface area contributed by atoms with Crippen LogP contribution < -0.4 is 9.47 Å². The number of halogens is 3. The van der Waals surface area contributed by atoms with Gasteiger partial charge in [0.2, 0.25) is 12.7 Å². The molecule has 0 saturated heterocycles. The number of ether oxygens (including phenoxy) is 2. The lowest BCUT2D eigenvalue weighted by molar-refractivity contribution is 0.174. The number of nitrogens with zero attached hydrogens (tertiary/aromatic N) is 1. The van der Waals surface area contributed by atoms with Crippen LogP contribution >= 0.6 is 0 Å². The zero-order valence-electron chi connectivity index (χ0n) is 13.6. The maximum absolute atomic E-state index is 14.0. The quantitative estimate of drug-likeness (QED) is 0.449. The lowest BCUT2D eigenvalue weighted by Gasteiger charge is -2.03. The van der Waals surface area contributed by atoms with Gasteiger partial charge in [-0.15, -0.1) is 0 Å². The third-order valence-corrected chi connectivity index (χ3v) is 4.36. The van der Waals surface area contributed by atoms with Gasteiger partial charge in [0.1, 0.15) is 5.52 Å². The highest BCUT2D eigenvalue weighted by Crippen LogP contribution is 2.37. The first-order valence-electron chi connectivity index (χ1n) is 8.04. The molecule has 4 nitrogen and oxygen atoms in total. The molecule has 0 fully saturated rings. The topological polar surface area (TPSA) is 44.5 Å². The average molecular weight is 369 g/mol. The molecule has 3 aromatic carbocycles. The van der Waals surface area contributed by atoms with Gasteiger partial charge in [-0.25, -0.2) is 18.2 Å². The molecule has 0 spiro atoms. The van der Waals surface area contributed by atoms with Gasteiger partial charge in [-0.05, 0) is 47.5 Å². The van der Waals surface area contributed by atoms with Crippen LogP contribution in [0.4, 0.5) is 13.2 Å². The van der Waals surface area contributed by atoms with Crippen LogP contribution in [0.2, 0.25) is 0 Å². The van der Waals surface area contributed by atoms with E-state index in [0.29, 0.717) is 22.6 Å². The third kappa shape index (κ3) is 2.51. The number of benzene rings is 3. The van der Waals surface area contributed by atoms with Crippen molar-refractivity contribution in [3.05, 3.63) is 66.0 Å². The molecule has 0 unspecified atom stereocenters. The second-order valence-electron chi connectivity index (χ2n) is 5.99. The Labute approximate surface area is 150 Å². The third-order valence-electron chi connectivity index (χ3n) is 4.36. The number of hydrogen-bond acceptors (Lipinski definition) is 4. The highest BCUT2D eigenvalue weighted by Gasteiger charge is 2.19. The fourth-order valence-electron chi connectivity index (χ4n) is 2.99. The van der Waals surface area contributed by atoms with Gasteiger partial charge < -0.3 is 13.9 Å². The van der Waals surface area contributed by atoms with Crippen molar-refractivity contribution in [1.82, 2.24) is 4.98 Å². The molecule has 0 radical (unpaired) electrons. The first-order chi connectivity index (χ1) is 13.1. The molecule has 7 heteroatoms. The SMILES string of the molecule is Fc1ccc(-c2nc3ccc(-c4ccc5c(c4)OCO5)cc3o2)c(F)c1F. The minimum Gasteiger partial charge on any atom is -0.454 e. The molecule has 27 heavy (non-hydrogen) atoms. The van der Waals surface area contributed by atoms with Gasteiger partial charge in [-0.3, -0.25) is 0 Å². The minimum atomic E-state index is -1.56. The van der Waals surface area contributed by atoms with E-state index in [9.17, 15) is 13.2 Å². The van der Waals surface area contributed by atoms with Crippen molar-refractivity contribution < 1.29 is 27.1 Å². The number of hydrogen-bond donors (Lipinski definition) is 0. The summed E-state index contributed by atoms with van der Waals surface area (Å²) in [6, 6.07) is 12.7. The van der Waals surface area contributed by atoms with Crippen LogP contribution in [0.15, 0.2) is 52.9 Å². The Hall–Kier alpha value is -3.48. The minimum absolute atomic E-state index is 0.121. The van der Waals surface area contributed by atoms with Gasteiger partial charge >= 0.3 is 0 Å². The predicted octanol–water partition coefficient (Wildman–Crippen LogP) is 5.31. The molecular formula is C20H10F3NO3. The smallest absolute Gasteiger partial charge is 0.231 e. The molecule has 4 aromatic rings. The molecule has 1 aliphatic rings. The van der Waals surface area contributed by atoms with E-state index < -0.39 is 17.5 Å². The Balaban J connectivity index is 1.59. The molecule has 0 saturated carbocycles. The van der Waals surface area contributed by atoms with Crippen molar-refractivity contribution in [3.63, 3.8) is 0 Å². The molecule has 1 aromatic heterocycles. The molecule has 134 valence electrons. The summed E-state index contributed by atoms with van der Waals surface area (Å²) in [5, 5.41) is 0. The largest absolute Gasteiger partial charge is 0.454 e. The van der Waals surface area contributed by atoms with Crippen LogP contribution in [-0.4, -0.2) is 11.8 Å². The lowest BCUT2D eigenvalue weighted by atomic mass is 10.0. The molecule has 5 rings (SSSR count). The number of fused-ring (bicyclic) bond motifs is 2. The zero-order chi connectivity index (χ0) is 18.5. The predicted molar refractivity (Wildman–Crippen MR) is 90.9 cm³/mol. The van der Waals surface area contributed by atoms with Gasteiger partial charge in [0.15, 0.2) is 34.5 Å². The standard InChI is InChI=1S/C20H10F3NO3/c21-13-4-3-12(18(22)19(13)23)20-24-14-5-1-10(7-16(14)27-20)11-2-6-15-17(8-11)26-9-25-15/h1-8H,9H2. The summed E-state index contributed by atoms with van der Waals surface area (Å²) in [6.45, 7) is 0.184. The van der Waals surface area contributed by atoms with Crippen LogP contribution in [0, 0.1) is 17.5 Å². The van der Waals surface area contributed by atoms with Gasteiger partial charge in [-0.2, -0.15) is 0 Å². The van der Waals surface area contributed by atoms with E-state index >= 15 is 0 Å². The summed E-state index contributed by atoms with van der Waals surface area (Å²) in [5.74, 6) is -2.96. The Kier molecular flexibility index (Phi) is 3.36. The Bertz CT molecular complexity index is 1200. The van der Waals surface area contributed by atoms with E-state index in [0.717, 1.165) is 23.3 Å². The Morgan fingerprint density at radius 1 is 0.778 bits per heavy atom. The molecule has 0 bridgehead atoms. The normalized spacial score (nSPS) is 12.7. The van der Waals surface area contributed by atoms with Crippen LogP contribution in [-0.2, 0) is 0 Å². The number of oxazole rings is 1. The molecule has 0 atom stereocenters. The van der Waals surface area contributed by atoms with Crippen molar-refractivity contribution in [3.8, 4) is 34.1 Å².